The smallest absolute Gasteiger partial charge is 0.173 e. The van der Waals surface area contributed by atoms with Crippen molar-refractivity contribution in [3.63, 3.8) is 0 Å². The van der Waals surface area contributed by atoms with Gasteiger partial charge in [0.05, 0.1) is 0 Å². The Kier molecular flexibility index (Phi) is 7.62. The molecule has 0 aliphatic heterocycles. The largest absolute Gasteiger partial charge is 1.00 e. The van der Waals surface area contributed by atoms with E-state index >= 15 is 0 Å². The molecule has 0 fully saturated rings. The molecule has 3 rings (SSSR count). The Morgan fingerprint density at radius 2 is 1.09 bits per heavy atom. The Hall–Kier alpha value is -1.33. The lowest BCUT2D eigenvalue weighted by Crippen LogP contribution is -3.00. The molecule has 0 amide bonds. The molecule has 0 radical (unpaired) electrons. The van der Waals surface area contributed by atoms with Gasteiger partial charge >= 0.3 is 0 Å². The summed E-state index contributed by atoms with van der Waals surface area (Å²) < 4.78 is 2.22. The van der Waals surface area contributed by atoms with Crippen molar-refractivity contribution in [2.24, 2.45) is 0 Å². The van der Waals surface area contributed by atoms with Crippen molar-refractivity contribution >= 4 is 11.8 Å². The minimum atomic E-state index is 0. The number of thioether (sulfide) groups is 1. The molecule has 3 aromatic rings. The van der Waals surface area contributed by atoms with E-state index < -0.39 is 0 Å². The highest BCUT2D eigenvalue weighted by Gasteiger charge is 2.03. The summed E-state index contributed by atoms with van der Waals surface area (Å²) in [4.78, 5) is 0. The molecule has 3 heteroatoms. The quantitative estimate of drug-likeness (QED) is 0.421. The fourth-order valence-electron chi connectivity index (χ4n) is 2.35. The van der Waals surface area contributed by atoms with E-state index in [0.717, 1.165) is 18.1 Å². The van der Waals surface area contributed by atoms with Crippen LogP contribution in [0.2, 0.25) is 0 Å². The summed E-state index contributed by atoms with van der Waals surface area (Å²) in [6, 6.07) is 25.6. The maximum atomic E-state index is 2.22. The van der Waals surface area contributed by atoms with Crippen LogP contribution in [0, 0.1) is 0 Å². The normalized spacial score (nSPS) is 10.1. The van der Waals surface area contributed by atoms with Crippen LogP contribution < -0.4 is 28.5 Å². The van der Waals surface area contributed by atoms with E-state index in [0.29, 0.717) is 0 Å². The van der Waals surface area contributed by atoms with Crippen LogP contribution in [0.3, 0.4) is 0 Å². The first kappa shape index (κ1) is 18.0. The Balaban J connectivity index is 0.00000192. The molecule has 0 bridgehead atoms. The van der Waals surface area contributed by atoms with Gasteiger partial charge in [-0.3, -0.25) is 0 Å². The Morgan fingerprint density at radius 3 is 1.65 bits per heavy atom. The molecule has 0 saturated heterocycles. The third-order valence-electron chi connectivity index (χ3n) is 3.55. The second-order valence-corrected chi connectivity index (χ2v) is 6.33. The SMILES string of the molecule is [I-].c1ccc(CSCc2cc[n+](Cc3ccccc3)cc2)cc1. The molecule has 0 atom stereocenters. The minimum absolute atomic E-state index is 0. The van der Waals surface area contributed by atoms with Crippen molar-refractivity contribution in [3.8, 4) is 0 Å². The van der Waals surface area contributed by atoms with Gasteiger partial charge in [0.25, 0.3) is 0 Å². The molecule has 1 heterocycles. The number of hydrogen-bond donors (Lipinski definition) is 0. The van der Waals surface area contributed by atoms with E-state index in [2.05, 4.69) is 89.8 Å². The minimum Gasteiger partial charge on any atom is -1.00 e. The van der Waals surface area contributed by atoms with Gasteiger partial charge in [-0.2, -0.15) is 11.8 Å². The van der Waals surface area contributed by atoms with E-state index in [4.69, 9.17) is 0 Å². The lowest BCUT2D eigenvalue weighted by atomic mass is 10.2. The van der Waals surface area contributed by atoms with E-state index in [1.807, 2.05) is 11.8 Å². The van der Waals surface area contributed by atoms with Crippen LogP contribution in [-0.2, 0) is 18.1 Å². The zero-order valence-electron chi connectivity index (χ0n) is 12.9. The molecule has 1 nitrogen and oxygen atoms in total. The molecular formula is C20H20INS. The zero-order chi connectivity index (χ0) is 15.0. The Labute approximate surface area is 159 Å². The van der Waals surface area contributed by atoms with Gasteiger partial charge in [-0.1, -0.05) is 60.7 Å². The monoisotopic (exact) mass is 433 g/mol. The van der Waals surface area contributed by atoms with Crippen molar-refractivity contribution in [1.29, 1.82) is 0 Å². The van der Waals surface area contributed by atoms with Crippen molar-refractivity contribution in [2.45, 2.75) is 18.1 Å². The number of halogens is 1. The molecule has 0 spiro atoms. The fraction of sp³-hybridized carbons (Fsp3) is 0.150. The first-order chi connectivity index (χ1) is 10.9. The second kappa shape index (κ2) is 9.73. The highest BCUT2D eigenvalue weighted by atomic mass is 127. The molecule has 0 aliphatic carbocycles. The van der Waals surface area contributed by atoms with Gasteiger partial charge in [0.1, 0.15) is 0 Å². The molecule has 0 unspecified atom stereocenters. The van der Waals surface area contributed by atoms with E-state index in [1.54, 1.807) is 0 Å². The lowest BCUT2D eigenvalue weighted by Gasteiger charge is -2.02. The molecule has 0 N–H and O–H groups in total. The lowest BCUT2D eigenvalue weighted by molar-refractivity contribution is -0.688. The van der Waals surface area contributed by atoms with E-state index in [-0.39, 0.29) is 24.0 Å². The maximum Gasteiger partial charge on any atom is 0.173 e. The summed E-state index contributed by atoms with van der Waals surface area (Å²) in [6.07, 6.45) is 4.34. The molecule has 118 valence electrons. The standard InChI is InChI=1S/C20H20NS.HI/c1-3-7-18(8-4-1)15-21-13-11-20(12-14-21)17-22-16-19-9-5-2-6-10-19;/h1-14H,15-17H2;1H/q+1;/p-1. The van der Waals surface area contributed by atoms with Crippen LogP contribution in [0.25, 0.3) is 0 Å². The maximum absolute atomic E-state index is 2.22. The second-order valence-electron chi connectivity index (χ2n) is 5.34. The van der Waals surface area contributed by atoms with Gasteiger partial charge in [0.2, 0.25) is 0 Å². The van der Waals surface area contributed by atoms with Crippen LogP contribution in [-0.4, -0.2) is 0 Å². The van der Waals surface area contributed by atoms with Gasteiger partial charge in [-0.05, 0) is 11.1 Å². The average Bonchev–Trinajstić information content (AvgIpc) is 2.58. The van der Waals surface area contributed by atoms with Crippen molar-refractivity contribution in [3.05, 3.63) is 102 Å². The van der Waals surface area contributed by atoms with Crippen molar-refractivity contribution in [2.75, 3.05) is 0 Å². The van der Waals surface area contributed by atoms with Gasteiger partial charge in [0, 0.05) is 29.2 Å². The van der Waals surface area contributed by atoms with Crippen molar-refractivity contribution < 1.29 is 28.5 Å². The average molecular weight is 433 g/mol. The molecule has 0 aliphatic rings. The predicted octanol–water partition coefficient (Wildman–Crippen LogP) is 1.46. The van der Waals surface area contributed by atoms with Crippen LogP contribution in [0.4, 0.5) is 0 Å². The topological polar surface area (TPSA) is 3.88 Å². The molecule has 0 saturated carbocycles. The third kappa shape index (κ3) is 5.99. The molecular weight excluding hydrogens is 413 g/mol. The first-order valence-electron chi connectivity index (χ1n) is 7.54. The van der Waals surface area contributed by atoms with E-state index in [9.17, 15) is 0 Å². The number of hydrogen-bond acceptors (Lipinski definition) is 1. The van der Waals surface area contributed by atoms with Crippen LogP contribution in [0.5, 0.6) is 0 Å². The summed E-state index contributed by atoms with van der Waals surface area (Å²) in [5.74, 6) is 2.13. The number of rotatable bonds is 6. The summed E-state index contributed by atoms with van der Waals surface area (Å²) in [5, 5.41) is 0. The van der Waals surface area contributed by atoms with Crippen LogP contribution in [0.15, 0.2) is 85.2 Å². The van der Waals surface area contributed by atoms with Gasteiger partial charge in [-0.15, -0.1) is 0 Å². The Morgan fingerprint density at radius 1 is 0.609 bits per heavy atom. The summed E-state index contributed by atoms with van der Waals surface area (Å²) >= 11 is 1.96. The highest BCUT2D eigenvalue weighted by molar-refractivity contribution is 7.97. The van der Waals surface area contributed by atoms with E-state index in [1.165, 1.54) is 16.7 Å². The predicted molar refractivity (Wildman–Crippen MR) is 93.6 cm³/mol. The highest BCUT2D eigenvalue weighted by Crippen LogP contribution is 2.16. The number of benzene rings is 2. The first-order valence-corrected chi connectivity index (χ1v) is 8.69. The van der Waals surface area contributed by atoms with Gasteiger partial charge in [0.15, 0.2) is 18.9 Å². The van der Waals surface area contributed by atoms with Crippen molar-refractivity contribution in [1.82, 2.24) is 0 Å². The van der Waals surface area contributed by atoms with Gasteiger partial charge in [-0.25, -0.2) is 4.57 Å². The third-order valence-corrected chi connectivity index (χ3v) is 4.62. The summed E-state index contributed by atoms with van der Waals surface area (Å²) in [7, 11) is 0. The molecule has 23 heavy (non-hydrogen) atoms. The number of pyridine rings is 1. The molecule has 2 aromatic carbocycles. The number of aromatic nitrogens is 1. The Bertz CT molecular complexity index is 684. The number of nitrogens with zero attached hydrogens (tertiary/aromatic N) is 1. The van der Waals surface area contributed by atoms with Gasteiger partial charge < -0.3 is 24.0 Å². The van der Waals surface area contributed by atoms with Crippen LogP contribution >= 0.6 is 11.8 Å². The summed E-state index contributed by atoms with van der Waals surface area (Å²) in [5.41, 5.74) is 4.10. The fourth-order valence-corrected chi connectivity index (χ4v) is 3.30. The molecule has 1 aromatic heterocycles. The zero-order valence-corrected chi connectivity index (χ0v) is 15.9. The summed E-state index contributed by atoms with van der Waals surface area (Å²) in [6.45, 7) is 0.929. The van der Waals surface area contributed by atoms with Crippen LogP contribution in [0.1, 0.15) is 16.7 Å².